The zero-order valence-electron chi connectivity index (χ0n) is 11.3. The molecule has 2 saturated carbocycles. The number of carbonyl (C=O) groups is 1. The van der Waals surface area contributed by atoms with Crippen molar-refractivity contribution in [3.8, 4) is 0 Å². The molecule has 0 unspecified atom stereocenters. The van der Waals surface area contributed by atoms with E-state index in [0.717, 1.165) is 25.7 Å². The molecule has 0 aromatic carbocycles. The molecule has 0 bridgehead atoms. The molecule has 0 radical (unpaired) electrons. The Morgan fingerprint density at radius 3 is 2.50 bits per heavy atom. The first-order chi connectivity index (χ1) is 9.45. The molecule has 2 aliphatic carbocycles. The molecule has 0 aliphatic heterocycles. The smallest absolute Gasteiger partial charge is 0.352 e. The Morgan fingerprint density at radius 1 is 1.40 bits per heavy atom. The second kappa shape index (κ2) is 4.60. The molecule has 0 atom stereocenters. The number of carboxylic acid groups (broad SMARTS) is 1. The molecule has 1 N–H and O–H groups in total. The maximum atomic E-state index is 12.6. The maximum Gasteiger partial charge on any atom is 0.352 e. The van der Waals surface area contributed by atoms with E-state index in [1.807, 2.05) is 6.92 Å². The van der Waals surface area contributed by atoms with Crippen LogP contribution in [-0.4, -0.2) is 41.0 Å². The zero-order valence-corrected chi connectivity index (χ0v) is 12.1. The summed E-state index contributed by atoms with van der Waals surface area (Å²) in [4.78, 5) is 11.4. The molecule has 1 aromatic rings. The van der Waals surface area contributed by atoms with Crippen LogP contribution in [0.1, 0.15) is 49.1 Å². The highest BCUT2D eigenvalue weighted by Gasteiger charge is 2.39. The van der Waals surface area contributed by atoms with Gasteiger partial charge >= 0.3 is 5.97 Å². The van der Waals surface area contributed by atoms with Gasteiger partial charge in [-0.15, -0.1) is 0 Å². The Morgan fingerprint density at radius 2 is 2.05 bits per heavy atom. The van der Waals surface area contributed by atoms with Crippen LogP contribution in [0.5, 0.6) is 0 Å². The largest absolute Gasteiger partial charge is 0.477 e. The minimum Gasteiger partial charge on any atom is -0.477 e. The van der Waals surface area contributed by atoms with Crippen LogP contribution in [0.15, 0.2) is 17.2 Å². The summed E-state index contributed by atoms with van der Waals surface area (Å²) in [5.74, 6) is -1.08. The van der Waals surface area contributed by atoms with E-state index in [1.54, 1.807) is 4.57 Å². The Hall–Kier alpha value is -1.34. The third kappa shape index (κ3) is 2.25. The van der Waals surface area contributed by atoms with Crippen molar-refractivity contribution in [2.75, 3.05) is 6.54 Å². The summed E-state index contributed by atoms with van der Waals surface area (Å²) in [7, 11) is -3.58. The van der Waals surface area contributed by atoms with Crippen molar-refractivity contribution < 1.29 is 18.3 Å². The molecule has 0 amide bonds. The number of aromatic carboxylic acids is 1. The van der Waals surface area contributed by atoms with Gasteiger partial charge in [-0.1, -0.05) is 6.92 Å². The number of sulfonamides is 1. The van der Waals surface area contributed by atoms with Gasteiger partial charge in [-0.25, -0.2) is 13.2 Å². The predicted molar refractivity (Wildman–Crippen MR) is 72.3 cm³/mol. The fraction of sp³-hybridized carbons (Fsp3) is 0.615. The van der Waals surface area contributed by atoms with Gasteiger partial charge < -0.3 is 9.67 Å². The Bertz CT molecular complexity index is 641. The van der Waals surface area contributed by atoms with E-state index in [-0.39, 0.29) is 22.7 Å². The van der Waals surface area contributed by atoms with Crippen LogP contribution in [0.25, 0.3) is 0 Å². The fourth-order valence-corrected chi connectivity index (χ4v) is 4.26. The van der Waals surface area contributed by atoms with Crippen molar-refractivity contribution in [1.29, 1.82) is 0 Å². The molecular weight excluding hydrogens is 280 g/mol. The summed E-state index contributed by atoms with van der Waals surface area (Å²) in [6.07, 6.45) is 5.09. The average Bonchev–Trinajstić information content (AvgIpc) is 3.29. The van der Waals surface area contributed by atoms with E-state index in [9.17, 15) is 18.3 Å². The summed E-state index contributed by atoms with van der Waals surface area (Å²) >= 11 is 0. The molecule has 0 spiro atoms. The van der Waals surface area contributed by atoms with Crippen molar-refractivity contribution in [2.24, 2.45) is 0 Å². The number of hydrogen-bond donors (Lipinski definition) is 1. The second-order valence-corrected chi connectivity index (χ2v) is 7.33. The highest BCUT2D eigenvalue weighted by molar-refractivity contribution is 7.89. The molecule has 20 heavy (non-hydrogen) atoms. The first-order valence-electron chi connectivity index (χ1n) is 6.92. The molecule has 3 rings (SSSR count). The van der Waals surface area contributed by atoms with Gasteiger partial charge in [0.05, 0.1) is 0 Å². The monoisotopic (exact) mass is 298 g/mol. The number of carboxylic acids is 1. The van der Waals surface area contributed by atoms with Crippen LogP contribution in [0.4, 0.5) is 0 Å². The zero-order chi connectivity index (χ0) is 14.5. The molecule has 2 fully saturated rings. The minimum atomic E-state index is -3.58. The summed E-state index contributed by atoms with van der Waals surface area (Å²) in [5, 5.41) is 9.21. The van der Waals surface area contributed by atoms with E-state index >= 15 is 0 Å². The topological polar surface area (TPSA) is 79.6 Å². The van der Waals surface area contributed by atoms with Crippen LogP contribution >= 0.6 is 0 Å². The van der Waals surface area contributed by atoms with Crippen molar-refractivity contribution >= 4 is 16.0 Å². The SMILES string of the molecule is CCN(C1CC1)S(=O)(=O)c1cc(C(=O)O)n(C2CC2)c1. The van der Waals surface area contributed by atoms with Gasteiger partial charge in [-0.05, 0) is 31.7 Å². The number of nitrogens with zero attached hydrogens (tertiary/aromatic N) is 2. The fourth-order valence-electron chi connectivity index (χ4n) is 2.54. The van der Waals surface area contributed by atoms with Crippen LogP contribution in [0.2, 0.25) is 0 Å². The van der Waals surface area contributed by atoms with E-state index in [0.29, 0.717) is 6.54 Å². The number of hydrogen-bond acceptors (Lipinski definition) is 3. The molecule has 0 saturated heterocycles. The molecule has 2 aliphatic rings. The molecule has 1 aromatic heterocycles. The third-order valence-corrected chi connectivity index (χ3v) is 5.85. The van der Waals surface area contributed by atoms with Gasteiger partial charge in [-0.2, -0.15) is 4.31 Å². The quantitative estimate of drug-likeness (QED) is 0.866. The van der Waals surface area contributed by atoms with Gasteiger partial charge in [0.2, 0.25) is 10.0 Å². The van der Waals surface area contributed by atoms with Crippen LogP contribution in [-0.2, 0) is 10.0 Å². The number of aromatic nitrogens is 1. The third-order valence-electron chi connectivity index (χ3n) is 3.86. The van der Waals surface area contributed by atoms with E-state index in [1.165, 1.54) is 16.6 Å². The van der Waals surface area contributed by atoms with Gasteiger partial charge in [-0.3, -0.25) is 0 Å². The van der Waals surface area contributed by atoms with Crippen molar-refractivity contribution in [1.82, 2.24) is 8.87 Å². The van der Waals surface area contributed by atoms with E-state index < -0.39 is 16.0 Å². The first kappa shape index (κ1) is 13.6. The van der Waals surface area contributed by atoms with Gasteiger partial charge in [0.1, 0.15) is 10.6 Å². The van der Waals surface area contributed by atoms with E-state index in [4.69, 9.17) is 0 Å². The van der Waals surface area contributed by atoms with Gasteiger partial charge in [0.15, 0.2) is 0 Å². The van der Waals surface area contributed by atoms with Crippen LogP contribution in [0, 0.1) is 0 Å². The Labute approximate surface area is 118 Å². The van der Waals surface area contributed by atoms with Gasteiger partial charge in [0, 0.05) is 24.8 Å². The van der Waals surface area contributed by atoms with Crippen LogP contribution in [0.3, 0.4) is 0 Å². The second-order valence-electron chi connectivity index (χ2n) is 5.44. The molecule has 7 heteroatoms. The van der Waals surface area contributed by atoms with Crippen molar-refractivity contribution in [2.45, 2.75) is 49.6 Å². The van der Waals surface area contributed by atoms with Gasteiger partial charge in [0.25, 0.3) is 0 Å². The standard InChI is InChI=1S/C13H18N2O4S/c1-2-15(10-5-6-10)20(18,19)11-7-12(13(16)17)14(8-11)9-3-4-9/h7-10H,2-6H2,1H3,(H,16,17). The summed E-state index contributed by atoms with van der Waals surface area (Å²) < 4.78 is 28.3. The first-order valence-corrected chi connectivity index (χ1v) is 8.36. The van der Waals surface area contributed by atoms with Crippen molar-refractivity contribution in [3.63, 3.8) is 0 Å². The Kier molecular flexibility index (Phi) is 3.13. The lowest BCUT2D eigenvalue weighted by Gasteiger charge is -2.18. The summed E-state index contributed by atoms with van der Waals surface area (Å²) in [5.41, 5.74) is 0.0675. The minimum absolute atomic E-state index is 0.0675. The number of rotatable bonds is 6. The summed E-state index contributed by atoms with van der Waals surface area (Å²) in [6.45, 7) is 2.23. The average molecular weight is 298 g/mol. The summed E-state index contributed by atoms with van der Waals surface area (Å²) in [6, 6.07) is 1.52. The van der Waals surface area contributed by atoms with Crippen molar-refractivity contribution in [3.05, 3.63) is 18.0 Å². The highest BCUT2D eigenvalue weighted by atomic mass is 32.2. The lowest BCUT2D eigenvalue weighted by atomic mass is 10.4. The molecule has 1 heterocycles. The normalized spacial score (nSPS) is 19.5. The molecule has 110 valence electrons. The molecule has 6 nitrogen and oxygen atoms in total. The van der Waals surface area contributed by atoms with E-state index in [2.05, 4.69) is 0 Å². The maximum absolute atomic E-state index is 12.6. The lowest BCUT2D eigenvalue weighted by Crippen LogP contribution is -2.32. The lowest BCUT2D eigenvalue weighted by molar-refractivity contribution is 0.0685. The van der Waals surface area contributed by atoms with Crippen LogP contribution < -0.4 is 0 Å². The Balaban J connectivity index is 2.00. The predicted octanol–water partition coefficient (Wildman–Crippen LogP) is 1.69. The highest BCUT2D eigenvalue weighted by Crippen LogP contribution is 2.38. The molecular formula is C13H18N2O4S.